The van der Waals surface area contributed by atoms with Crippen LogP contribution in [0.2, 0.25) is 10.0 Å². The molecule has 0 aromatic heterocycles. The van der Waals surface area contributed by atoms with Gasteiger partial charge in [-0.3, -0.25) is 9.59 Å². The van der Waals surface area contributed by atoms with E-state index in [1.165, 1.54) is 11.0 Å². The van der Waals surface area contributed by atoms with Gasteiger partial charge in [0.15, 0.2) is 0 Å². The highest BCUT2D eigenvalue weighted by Gasteiger charge is 2.46. The number of halogens is 2. The zero-order chi connectivity index (χ0) is 23.0. The van der Waals surface area contributed by atoms with Crippen molar-refractivity contribution in [3.05, 3.63) is 87.4 Å². The molecule has 1 fully saturated rings. The lowest BCUT2D eigenvalue weighted by Gasteiger charge is -2.27. The molecule has 32 heavy (non-hydrogen) atoms. The number of hydrogen-bond donors (Lipinski definition) is 1. The van der Waals surface area contributed by atoms with Crippen LogP contribution < -0.4 is 0 Å². The lowest BCUT2D eigenvalue weighted by molar-refractivity contribution is -0.140. The Bertz CT molecular complexity index is 1250. The minimum Gasteiger partial charge on any atom is -0.507 e. The number of carbonyl (C=O) groups excluding carboxylic acids is 2. The van der Waals surface area contributed by atoms with E-state index < -0.39 is 17.7 Å². The fourth-order valence-corrected chi connectivity index (χ4v) is 4.33. The average molecular weight is 469 g/mol. The summed E-state index contributed by atoms with van der Waals surface area (Å²) in [5.41, 5.74) is 1.15. The molecular weight excluding hydrogens is 447 g/mol. The molecular formula is C25H22Cl2N2O3. The highest BCUT2D eigenvalue weighted by atomic mass is 35.5. The third kappa shape index (κ3) is 3.99. The van der Waals surface area contributed by atoms with E-state index in [0.717, 1.165) is 16.3 Å². The van der Waals surface area contributed by atoms with Crippen LogP contribution in [0.4, 0.5) is 0 Å². The van der Waals surface area contributed by atoms with Gasteiger partial charge in [-0.25, -0.2) is 0 Å². The number of carbonyl (C=O) groups is 2. The number of ketones is 1. The molecule has 1 saturated heterocycles. The molecule has 3 aromatic rings. The van der Waals surface area contributed by atoms with Crippen molar-refractivity contribution in [2.24, 2.45) is 0 Å². The summed E-state index contributed by atoms with van der Waals surface area (Å²) in [4.78, 5) is 29.7. The molecule has 5 nitrogen and oxygen atoms in total. The molecule has 1 heterocycles. The van der Waals surface area contributed by atoms with Crippen molar-refractivity contribution >= 4 is 51.4 Å². The van der Waals surface area contributed by atoms with Gasteiger partial charge in [-0.1, -0.05) is 65.7 Å². The van der Waals surface area contributed by atoms with Gasteiger partial charge in [0.25, 0.3) is 11.7 Å². The maximum Gasteiger partial charge on any atom is 0.295 e. The first kappa shape index (κ1) is 22.3. The van der Waals surface area contributed by atoms with E-state index in [2.05, 4.69) is 0 Å². The van der Waals surface area contributed by atoms with Gasteiger partial charge < -0.3 is 14.9 Å². The van der Waals surface area contributed by atoms with Crippen molar-refractivity contribution in [1.82, 2.24) is 9.80 Å². The number of benzene rings is 3. The zero-order valence-electron chi connectivity index (χ0n) is 17.7. The Balaban J connectivity index is 1.95. The molecule has 1 aliphatic heterocycles. The predicted molar refractivity (Wildman–Crippen MR) is 128 cm³/mol. The predicted octanol–water partition coefficient (Wildman–Crippen LogP) is 5.13. The quantitative estimate of drug-likeness (QED) is 0.320. The molecule has 164 valence electrons. The molecule has 0 spiro atoms. The summed E-state index contributed by atoms with van der Waals surface area (Å²) in [6.07, 6.45) is 0. The van der Waals surface area contributed by atoms with E-state index in [-0.39, 0.29) is 16.4 Å². The molecule has 0 saturated carbocycles. The van der Waals surface area contributed by atoms with Crippen LogP contribution in [0.15, 0.2) is 66.2 Å². The monoisotopic (exact) mass is 468 g/mol. The maximum atomic E-state index is 13.2. The van der Waals surface area contributed by atoms with Crippen molar-refractivity contribution in [2.45, 2.75) is 6.04 Å². The lowest BCUT2D eigenvalue weighted by atomic mass is 9.91. The van der Waals surface area contributed by atoms with Gasteiger partial charge in [-0.05, 0) is 48.6 Å². The number of fused-ring (bicyclic) bond motifs is 1. The number of rotatable bonds is 5. The Hall–Kier alpha value is -2.86. The Morgan fingerprint density at radius 3 is 2.44 bits per heavy atom. The number of likely N-dealkylation sites (N-methyl/N-ethyl adjacent to an activating group) is 1. The topological polar surface area (TPSA) is 60.9 Å². The molecule has 1 amide bonds. The number of Topliss-reactive ketones (excluding diaryl/α,β-unsaturated/α-hetero) is 1. The zero-order valence-corrected chi connectivity index (χ0v) is 19.2. The van der Waals surface area contributed by atoms with E-state index in [9.17, 15) is 14.7 Å². The van der Waals surface area contributed by atoms with E-state index in [1.807, 2.05) is 61.5 Å². The summed E-state index contributed by atoms with van der Waals surface area (Å²) in [7, 11) is 3.80. The van der Waals surface area contributed by atoms with Gasteiger partial charge in [0, 0.05) is 18.7 Å². The maximum absolute atomic E-state index is 13.2. The summed E-state index contributed by atoms with van der Waals surface area (Å²) in [6.45, 7) is 0.907. The summed E-state index contributed by atoms with van der Waals surface area (Å²) in [5, 5.41) is 13.7. The number of aliphatic hydroxyl groups excluding tert-OH is 1. The molecule has 0 bridgehead atoms. The third-order valence-corrected chi connectivity index (χ3v) is 6.38. The summed E-state index contributed by atoms with van der Waals surface area (Å²) in [5.74, 6) is -1.62. The highest BCUT2D eigenvalue weighted by Crippen LogP contribution is 2.42. The molecule has 0 aliphatic carbocycles. The van der Waals surface area contributed by atoms with E-state index in [1.54, 1.807) is 12.1 Å². The van der Waals surface area contributed by atoms with Crippen molar-refractivity contribution in [3.63, 3.8) is 0 Å². The van der Waals surface area contributed by atoms with Gasteiger partial charge in [0.1, 0.15) is 5.76 Å². The Morgan fingerprint density at radius 1 is 1.00 bits per heavy atom. The lowest BCUT2D eigenvalue weighted by Crippen LogP contribution is -2.35. The average Bonchev–Trinajstić information content (AvgIpc) is 3.03. The van der Waals surface area contributed by atoms with E-state index in [0.29, 0.717) is 23.7 Å². The fraction of sp³-hybridized carbons (Fsp3) is 0.200. The molecule has 3 aromatic carbocycles. The van der Waals surface area contributed by atoms with Crippen LogP contribution in [0.3, 0.4) is 0 Å². The van der Waals surface area contributed by atoms with Crippen LogP contribution in [0.1, 0.15) is 17.2 Å². The van der Waals surface area contributed by atoms with Crippen LogP contribution in [-0.2, 0) is 9.59 Å². The second-order valence-electron chi connectivity index (χ2n) is 7.99. The first-order chi connectivity index (χ1) is 15.3. The Labute approximate surface area is 196 Å². The van der Waals surface area contributed by atoms with Crippen LogP contribution in [-0.4, -0.2) is 53.8 Å². The number of hydrogen-bond acceptors (Lipinski definition) is 4. The van der Waals surface area contributed by atoms with Crippen molar-refractivity contribution < 1.29 is 14.7 Å². The third-order valence-electron chi connectivity index (χ3n) is 5.64. The number of aliphatic hydroxyl groups is 1. The van der Waals surface area contributed by atoms with Crippen LogP contribution >= 0.6 is 23.2 Å². The summed E-state index contributed by atoms with van der Waals surface area (Å²) in [6, 6.07) is 17.4. The van der Waals surface area contributed by atoms with Crippen molar-refractivity contribution in [1.29, 1.82) is 0 Å². The molecule has 4 rings (SSSR count). The minimum absolute atomic E-state index is 0.0449. The van der Waals surface area contributed by atoms with Crippen LogP contribution in [0.25, 0.3) is 16.5 Å². The van der Waals surface area contributed by atoms with Gasteiger partial charge >= 0.3 is 0 Å². The Morgan fingerprint density at radius 2 is 1.72 bits per heavy atom. The van der Waals surface area contributed by atoms with E-state index >= 15 is 0 Å². The van der Waals surface area contributed by atoms with Gasteiger partial charge in [0.05, 0.1) is 21.7 Å². The van der Waals surface area contributed by atoms with Gasteiger partial charge in [0.2, 0.25) is 0 Å². The van der Waals surface area contributed by atoms with Crippen molar-refractivity contribution in [2.75, 3.05) is 27.2 Å². The smallest absolute Gasteiger partial charge is 0.295 e. The number of nitrogens with zero attached hydrogens (tertiary/aromatic N) is 2. The highest BCUT2D eigenvalue weighted by molar-refractivity contribution is 6.47. The van der Waals surface area contributed by atoms with Gasteiger partial charge in [-0.15, -0.1) is 0 Å². The first-order valence-corrected chi connectivity index (χ1v) is 10.9. The van der Waals surface area contributed by atoms with Crippen molar-refractivity contribution in [3.8, 4) is 0 Å². The van der Waals surface area contributed by atoms with Gasteiger partial charge in [-0.2, -0.15) is 0 Å². The summed E-state index contributed by atoms with van der Waals surface area (Å²) >= 11 is 12.2. The molecule has 1 atom stereocenters. The first-order valence-electron chi connectivity index (χ1n) is 10.2. The van der Waals surface area contributed by atoms with E-state index in [4.69, 9.17) is 23.2 Å². The molecule has 1 unspecified atom stereocenters. The second kappa shape index (κ2) is 8.94. The Kier molecular flexibility index (Phi) is 6.24. The normalized spacial score (nSPS) is 18.2. The second-order valence-corrected chi connectivity index (χ2v) is 8.81. The minimum atomic E-state index is -0.726. The van der Waals surface area contributed by atoms with Crippen LogP contribution in [0, 0.1) is 0 Å². The largest absolute Gasteiger partial charge is 0.507 e. The molecule has 1 N–H and O–H groups in total. The standard InChI is InChI=1S/C25H22Cl2N2O3/c1-28(2)12-13-29-22(18-9-5-7-15-6-3-4-8-17(15)18)21(24(31)25(29)32)23(30)16-10-11-19(26)20(27)14-16/h3-11,14,22,30H,12-13H2,1-2H3/b23-21-. The summed E-state index contributed by atoms with van der Waals surface area (Å²) < 4.78 is 0. The fourth-order valence-electron chi connectivity index (χ4n) is 4.03. The number of amides is 1. The SMILES string of the molecule is CN(C)CCN1C(=O)C(=O)/C(=C(\O)c2ccc(Cl)c(Cl)c2)C1c1cccc2ccccc12. The molecule has 7 heteroatoms. The molecule has 0 radical (unpaired) electrons. The number of likely N-dealkylation sites (tertiary alicyclic amines) is 1. The van der Waals surface area contributed by atoms with Crippen LogP contribution in [0.5, 0.6) is 0 Å². The molecule has 1 aliphatic rings.